The maximum absolute atomic E-state index is 5.75. The van der Waals surface area contributed by atoms with E-state index in [0.29, 0.717) is 17.5 Å². The first-order valence-corrected chi connectivity index (χ1v) is 4.93. The second kappa shape index (κ2) is 4.21. The zero-order valence-corrected chi connectivity index (χ0v) is 9.37. The molecule has 1 aromatic rings. The van der Waals surface area contributed by atoms with Crippen LogP contribution in [0.2, 0.25) is 5.15 Å². The van der Waals surface area contributed by atoms with Gasteiger partial charge in [0, 0.05) is 13.7 Å². The van der Waals surface area contributed by atoms with Gasteiger partial charge in [-0.1, -0.05) is 11.6 Å². The van der Waals surface area contributed by atoms with Crippen LogP contribution >= 0.6 is 23.3 Å². The van der Waals surface area contributed by atoms with Gasteiger partial charge in [-0.15, -0.1) is 0 Å². The van der Waals surface area contributed by atoms with Crippen molar-refractivity contribution in [2.24, 2.45) is 0 Å². The fourth-order valence-electron chi connectivity index (χ4n) is 0.652. The van der Waals surface area contributed by atoms with Crippen LogP contribution < -0.4 is 5.32 Å². The number of rotatable bonds is 4. The van der Waals surface area contributed by atoms with Crippen LogP contribution in [0.4, 0.5) is 5.82 Å². The molecule has 1 rings (SSSR count). The Morgan fingerprint density at radius 2 is 2.23 bits per heavy atom. The van der Waals surface area contributed by atoms with Crippen LogP contribution in [0, 0.1) is 0 Å². The molecule has 0 bridgehead atoms. The lowest BCUT2D eigenvalue weighted by Gasteiger charge is -2.22. The summed E-state index contributed by atoms with van der Waals surface area (Å²) in [6.07, 6.45) is 0. The van der Waals surface area contributed by atoms with E-state index in [1.54, 1.807) is 7.11 Å². The standard InChI is InChI=1S/C7H12ClN3OS/c1-7(2,12-3)4-9-6-5(8)10-13-11-6/h4H2,1-3H3,(H,9,11). The Morgan fingerprint density at radius 1 is 1.54 bits per heavy atom. The maximum Gasteiger partial charge on any atom is 0.186 e. The molecule has 6 heteroatoms. The van der Waals surface area contributed by atoms with E-state index in [1.807, 2.05) is 13.8 Å². The average molecular weight is 222 g/mol. The number of aromatic nitrogens is 2. The SMILES string of the molecule is COC(C)(C)CNc1nsnc1Cl. The summed E-state index contributed by atoms with van der Waals surface area (Å²) in [6, 6.07) is 0. The van der Waals surface area contributed by atoms with Gasteiger partial charge >= 0.3 is 0 Å². The minimum Gasteiger partial charge on any atom is -0.377 e. The van der Waals surface area contributed by atoms with Gasteiger partial charge < -0.3 is 10.1 Å². The van der Waals surface area contributed by atoms with Crippen LogP contribution in [0.25, 0.3) is 0 Å². The topological polar surface area (TPSA) is 47.0 Å². The Labute approximate surface area is 86.6 Å². The fraction of sp³-hybridized carbons (Fsp3) is 0.714. The monoisotopic (exact) mass is 221 g/mol. The van der Waals surface area contributed by atoms with E-state index in [2.05, 4.69) is 14.1 Å². The summed E-state index contributed by atoms with van der Waals surface area (Å²) in [7, 11) is 1.67. The zero-order chi connectivity index (χ0) is 9.90. The van der Waals surface area contributed by atoms with Crippen molar-refractivity contribution in [2.45, 2.75) is 19.4 Å². The highest BCUT2D eigenvalue weighted by atomic mass is 35.5. The third-order valence-corrected chi connectivity index (χ3v) is 2.57. The van der Waals surface area contributed by atoms with E-state index in [0.717, 1.165) is 11.7 Å². The van der Waals surface area contributed by atoms with Gasteiger partial charge in [-0.05, 0) is 13.8 Å². The van der Waals surface area contributed by atoms with Crippen LogP contribution in [0.3, 0.4) is 0 Å². The van der Waals surface area contributed by atoms with Crippen LogP contribution in [-0.4, -0.2) is 28.0 Å². The molecule has 1 aromatic heterocycles. The fourth-order valence-corrected chi connectivity index (χ4v) is 1.34. The van der Waals surface area contributed by atoms with Crippen LogP contribution in [0.1, 0.15) is 13.8 Å². The minimum absolute atomic E-state index is 0.229. The van der Waals surface area contributed by atoms with Crippen LogP contribution in [0.15, 0.2) is 0 Å². The number of ether oxygens (including phenoxy) is 1. The quantitative estimate of drug-likeness (QED) is 0.845. The second-order valence-corrected chi connectivity index (χ2v) is 4.11. The number of hydrogen-bond acceptors (Lipinski definition) is 5. The Kier molecular flexibility index (Phi) is 3.47. The van der Waals surface area contributed by atoms with E-state index in [1.165, 1.54) is 0 Å². The van der Waals surface area contributed by atoms with Crippen LogP contribution in [0.5, 0.6) is 0 Å². The van der Waals surface area contributed by atoms with Gasteiger partial charge in [0.25, 0.3) is 0 Å². The summed E-state index contributed by atoms with van der Waals surface area (Å²) < 4.78 is 13.0. The summed E-state index contributed by atoms with van der Waals surface area (Å²) in [5.74, 6) is 0.622. The van der Waals surface area contributed by atoms with E-state index < -0.39 is 0 Å². The molecule has 0 aliphatic carbocycles. The molecule has 74 valence electrons. The molecule has 0 saturated heterocycles. The third-order valence-electron chi connectivity index (χ3n) is 1.68. The Balaban J connectivity index is 2.48. The molecule has 0 fully saturated rings. The number of nitrogens with zero attached hydrogens (tertiary/aromatic N) is 2. The zero-order valence-electron chi connectivity index (χ0n) is 7.80. The van der Waals surface area contributed by atoms with Gasteiger partial charge in [-0.3, -0.25) is 0 Å². The van der Waals surface area contributed by atoms with Crippen molar-refractivity contribution in [3.8, 4) is 0 Å². The van der Waals surface area contributed by atoms with Gasteiger partial charge in [0.1, 0.15) is 0 Å². The summed E-state index contributed by atoms with van der Waals surface area (Å²) in [4.78, 5) is 0. The van der Waals surface area contributed by atoms with Crippen molar-refractivity contribution >= 4 is 29.1 Å². The van der Waals surface area contributed by atoms with Gasteiger partial charge in [-0.2, -0.15) is 8.75 Å². The first kappa shape index (κ1) is 10.7. The predicted octanol–water partition coefficient (Wildman–Crippen LogP) is 2.03. The van der Waals surface area contributed by atoms with E-state index >= 15 is 0 Å². The first-order valence-electron chi connectivity index (χ1n) is 3.82. The lowest BCUT2D eigenvalue weighted by molar-refractivity contribution is 0.0343. The normalized spacial score (nSPS) is 11.7. The summed E-state index contributed by atoms with van der Waals surface area (Å²) in [5.41, 5.74) is -0.229. The third kappa shape index (κ3) is 3.10. The molecular formula is C7H12ClN3OS. The van der Waals surface area contributed by atoms with Crippen molar-refractivity contribution in [3.63, 3.8) is 0 Å². The van der Waals surface area contributed by atoms with Gasteiger partial charge in [0.2, 0.25) is 0 Å². The summed E-state index contributed by atoms with van der Waals surface area (Å²) >= 11 is 6.83. The Bertz CT molecular complexity index is 276. The van der Waals surface area contributed by atoms with Gasteiger partial charge in [0.05, 0.1) is 17.3 Å². The first-order chi connectivity index (χ1) is 6.05. The van der Waals surface area contributed by atoms with Gasteiger partial charge in [-0.25, -0.2) is 0 Å². The molecule has 1 heterocycles. The lowest BCUT2D eigenvalue weighted by Crippen LogP contribution is -2.32. The summed E-state index contributed by atoms with van der Waals surface area (Å²) in [5, 5.41) is 3.48. The molecule has 0 saturated carbocycles. The van der Waals surface area contributed by atoms with E-state index in [4.69, 9.17) is 16.3 Å². The van der Waals surface area contributed by atoms with Crippen molar-refractivity contribution in [1.29, 1.82) is 0 Å². The second-order valence-electron chi connectivity index (χ2n) is 3.22. The smallest absolute Gasteiger partial charge is 0.186 e. The van der Waals surface area contributed by atoms with Crippen LogP contribution in [-0.2, 0) is 4.74 Å². The lowest BCUT2D eigenvalue weighted by atomic mass is 10.1. The molecule has 0 aromatic carbocycles. The number of methoxy groups -OCH3 is 1. The average Bonchev–Trinajstić information content (AvgIpc) is 2.48. The molecular weight excluding hydrogens is 210 g/mol. The van der Waals surface area contributed by atoms with Crippen molar-refractivity contribution in [2.75, 3.05) is 19.0 Å². The van der Waals surface area contributed by atoms with E-state index in [-0.39, 0.29) is 5.60 Å². The highest BCUT2D eigenvalue weighted by molar-refractivity contribution is 6.99. The Morgan fingerprint density at radius 3 is 2.69 bits per heavy atom. The Hall–Kier alpha value is -0.390. The molecule has 4 nitrogen and oxygen atoms in total. The molecule has 0 aliphatic rings. The molecule has 0 amide bonds. The number of anilines is 1. The maximum atomic E-state index is 5.75. The molecule has 0 aliphatic heterocycles. The summed E-state index contributed by atoms with van der Waals surface area (Å²) in [6.45, 7) is 4.61. The minimum atomic E-state index is -0.229. The van der Waals surface area contributed by atoms with Crippen molar-refractivity contribution in [1.82, 2.24) is 8.75 Å². The van der Waals surface area contributed by atoms with Crippen molar-refractivity contribution in [3.05, 3.63) is 5.15 Å². The highest BCUT2D eigenvalue weighted by Crippen LogP contribution is 2.19. The molecule has 1 N–H and O–H groups in total. The largest absolute Gasteiger partial charge is 0.377 e. The van der Waals surface area contributed by atoms with E-state index in [9.17, 15) is 0 Å². The molecule has 0 radical (unpaired) electrons. The predicted molar refractivity (Wildman–Crippen MR) is 54.5 cm³/mol. The molecule has 0 unspecified atom stereocenters. The molecule has 0 spiro atoms. The number of halogens is 1. The van der Waals surface area contributed by atoms with Gasteiger partial charge in [0.15, 0.2) is 11.0 Å². The number of hydrogen-bond donors (Lipinski definition) is 1. The number of nitrogens with one attached hydrogen (secondary N) is 1. The molecule has 13 heavy (non-hydrogen) atoms. The van der Waals surface area contributed by atoms with Crippen molar-refractivity contribution < 1.29 is 4.74 Å². The highest BCUT2D eigenvalue weighted by Gasteiger charge is 2.17. The molecule has 0 atom stereocenters.